The van der Waals surface area contributed by atoms with E-state index >= 15 is 0 Å². The highest BCUT2D eigenvalue weighted by Crippen LogP contribution is 2.04. The molecule has 1 heterocycles. The Bertz CT molecular complexity index is 876. The van der Waals surface area contributed by atoms with Crippen LogP contribution in [0.3, 0.4) is 0 Å². The maximum Gasteiger partial charge on any atom is 0.326 e. The summed E-state index contributed by atoms with van der Waals surface area (Å²) >= 11 is 4.07. The van der Waals surface area contributed by atoms with Crippen molar-refractivity contribution >= 4 is 42.3 Å². The molecule has 0 aliphatic carbocycles. The topological polar surface area (TPSA) is 264 Å². The lowest BCUT2D eigenvalue weighted by Crippen LogP contribution is -2.59. The Kier molecular flexibility index (Phi) is 12.5. The van der Waals surface area contributed by atoms with E-state index in [1.165, 1.54) is 19.4 Å². The quantitative estimate of drug-likeness (QED) is 0.0470. The van der Waals surface area contributed by atoms with Crippen molar-refractivity contribution in [3.8, 4) is 0 Å². The van der Waals surface area contributed by atoms with Gasteiger partial charge in [-0.2, -0.15) is 12.6 Å². The van der Waals surface area contributed by atoms with Gasteiger partial charge in [-0.15, -0.1) is 0 Å². The second-order valence-corrected chi connectivity index (χ2v) is 8.07. The number of H-pyrrole nitrogens is 1. The summed E-state index contributed by atoms with van der Waals surface area (Å²) in [5.74, 6) is -3.88. The monoisotopic (exact) mass is 515 g/mol. The van der Waals surface area contributed by atoms with Gasteiger partial charge in [-0.3, -0.25) is 19.4 Å². The van der Waals surface area contributed by atoms with Gasteiger partial charge >= 0.3 is 5.97 Å². The largest absolute Gasteiger partial charge is 0.480 e. The first-order valence-corrected chi connectivity index (χ1v) is 11.3. The van der Waals surface area contributed by atoms with Crippen LogP contribution in [0.4, 0.5) is 0 Å². The molecule has 35 heavy (non-hydrogen) atoms. The molecule has 0 bridgehead atoms. The van der Waals surface area contributed by atoms with Gasteiger partial charge in [-0.25, -0.2) is 9.78 Å². The van der Waals surface area contributed by atoms with Crippen LogP contribution in [0.25, 0.3) is 0 Å². The minimum atomic E-state index is -1.29. The van der Waals surface area contributed by atoms with Gasteiger partial charge < -0.3 is 48.3 Å². The summed E-state index contributed by atoms with van der Waals surface area (Å²) in [7, 11) is 0. The maximum atomic E-state index is 12.9. The standard InChI is InChI=1S/C19H33N9O6S/c1-9(29)14(20)17(32)27-12(5-10-6-23-8-25-10)15(30)28-13(7-35)16(31)26-11(18(33)34)3-2-4-24-19(21)22/h6,8-9,11-14,29,35H,2-5,7,20H2,1H3,(H,23,25)(H,26,31)(H,27,32)(H,28,30)(H,33,34)(H4,21,22,24). The number of carboxylic acids is 1. The highest BCUT2D eigenvalue weighted by molar-refractivity contribution is 7.80. The lowest BCUT2D eigenvalue weighted by atomic mass is 10.1. The van der Waals surface area contributed by atoms with E-state index < -0.39 is 54.0 Å². The highest BCUT2D eigenvalue weighted by Gasteiger charge is 2.30. The molecule has 1 rings (SSSR count). The number of carboxylic acid groups (broad SMARTS) is 1. The van der Waals surface area contributed by atoms with Crippen molar-refractivity contribution in [2.75, 3.05) is 12.3 Å². The first kappa shape index (κ1) is 29.7. The number of rotatable bonds is 15. The maximum absolute atomic E-state index is 12.9. The third-order valence-corrected chi connectivity index (χ3v) is 5.17. The van der Waals surface area contributed by atoms with Gasteiger partial charge in [0.1, 0.15) is 24.2 Å². The number of nitrogens with zero attached hydrogens (tertiary/aromatic N) is 2. The summed E-state index contributed by atoms with van der Waals surface area (Å²) in [6.45, 7) is 1.50. The fourth-order valence-corrected chi connectivity index (χ4v) is 3.07. The second kappa shape index (κ2) is 14.8. The van der Waals surface area contributed by atoms with E-state index in [0.717, 1.165) is 0 Å². The number of amides is 3. The Hall–Kier alpha value is -3.37. The van der Waals surface area contributed by atoms with E-state index in [0.29, 0.717) is 5.69 Å². The third-order valence-electron chi connectivity index (χ3n) is 4.81. The lowest BCUT2D eigenvalue weighted by Gasteiger charge is -2.24. The molecule has 0 saturated heterocycles. The molecule has 0 aromatic carbocycles. The molecule has 16 heteroatoms. The number of nitrogens with two attached hydrogens (primary N) is 3. The number of thiol groups is 1. The molecule has 5 unspecified atom stereocenters. The summed E-state index contributed by atoms with van der Waals surface area (Å²) in [5, 5.41) is 26.2. The van der Waals surface area contributed by atoms with E-state index in [2.05, 4.69) is 43.5 Å². The Balaban J connectivity index is 2.87. The molecule has 3 amide bonds. The number of nitrogens with one attached hydrogen (secondary N) is 4. The number of aliphatic carboxylic acids is 1. The number of hydrogen-bond donors (Lipinski definition) is 10. The molecule has 0 radical (unpaired) electrons. The summed E-state index contributed by atoms with van der Waals surface area (Å²) in [6, 6.07) is -4.93. The summed E-state index contributed by atoms with van der Waals surface area (Å²) in [5.41, 5.74) is 16.6. The lowest BCUT2D eigenvalue weighted by molar-refractivity contribution is -0.142. The van der Waals surface area contributed by atoms with E-state index in [9.17, 15) is 29.4 Å². The molecule has 1 aromatic rings. The zero-order valence-electron chi connectivity index (χ0n) is 19.2. The van der Waals surface area contributed by atoms with Gasteiger partial charge in [0.2, 0.25) is 17.7 Å². The molecule has 0 spiro atoms. The average Bonchev–Trinajstić information content (AvgIpc) is 3.30. The Morgan fingerprint density at radius 1 is 1.11 bits per heavy atom. The van der Waals surface area contributed by atoms with Crippen LogP contribution >= 0.6 is 12.6 Å². The van der Waals surface area contributed by atoms with E-state index in [4.69, 9.17) is 17.2 Å². The number of carbonyl (C=O) groups is 4. The first-order valence-electron chi connectivity index (χ1n) is 10.7. The van der Waals surface area contributed by atoms with Gasteiger partial charge in [0.25, 0.3) is 0 Å². The van der Waals surface area contributed by atoms with Crippen molar-refractivity contribution in [1.82, 2.24) is 25.9 Å². The molecular formula is C19H33N9O6S. The fourth-order valence-electron chi connectivity index (χ4n) is 2.81. The minimum absolute atomic E-state index is 0.0203. The van der Waals surface area contributed by atoms with Crippen molar-refractivity contribution in [3.63, 3.8) is 0 Å². The SMILES string of the molecule is CC(O)C(N)C(=O)NC(Cc1cnc[nH]1)C(=O)NC(CS)C(=O)NC(CCCN=C(N)N)C(=O)O. The third kappa shape index (κ3) is 10.6. The summed E-state index contributed by atoms with van der Waals surface area (Å²) in [4.78, 5) is 59.8. The van der Waals surface area contributed by atoms with Crippen LogP contribution in [0.2, 0.25) is 0 Å². The molecule has 0 aliphatic rings. The van der Waals surface area contributed by atoms with Crippen LogP contribution in [0, 0.1) is 0 Å². The Morgan fingerprint density at radius 2 is 1.71 bits per heavy atom. The molecule has 1 aromatic heterocycles. The normalized spacial score (nSPS) is 15.1. The number of aliphatic hydroxyl groups is 1. The van der Waals surface area contributed by atoms with Crippen LogP contribution < -0.4 is 33.2 Å². The van der Waals surface area contributed by atoms with Gasteiger partial charge in [-0.1, -0.05) is 0 Å². The zero-order valence-corrected chi connectivity index (χ0v) is 20.1. The Labute approximate surface area is 207 Å². The molecule has 15 nitrogen and oxygen atoms in total. The van der Waals surface area contributed by atoms with E-state index in [-0.39, 0.29) is 37.5 Å². The summed E-state index contributed by atoms with van der Waals surface area (Å²) < 4.78 is 0. The highest BCUT2D eigenvalue weighted by atomic mass is 32.1. The van der Waals surface area contributed by atoms with Crippen molar-refractivity contribution in [2.45, 2.75) is 56.5 Å². The van der Waals surface area contributed by atoms with Crippen molar-refractivity contribution in [3.05, 3.63) is 18.2 Å². The zero-order chi connectivity index (χ0) is 26.5. The number of aromatic amines is 1. The van der Waals surface area contributed by atoms with Crippen molar-refractivity contribution in [2.24, 2.45) is 22.2 Å². The number of guanidine groups is 1. The number of carbonyl (C=O) groups excluding carboxylic acids is 3. The predicted molar refractivity (Wildman–Crippen MR) is 129 cm³/mol. The van der Waals surface area contributed by atoms with E-state index in [1.54, 1.807) is 0 Å². The molecular weight excluding hydrogens is 482 g/mol. The molecule has 12 N–H and O–H groups in total. The summed E-state index contributed by atoms with van der Waals surface area (Å²) in [6.07, 6.45) is 1.98. The Morgan fingerprint density at radius 3 is 2.23 bits per heavy atom. The number of aliphatic imine (C=N–C) groups is 1. The van der Waals surface area contributed by atoms with Crippen LogP contribution in [0.1, 0.15) is 25.5 Å². The average molecular weight is 516 g/mol. The molecule has 5 atom stereocenters. The van der Waals surface area contributed by atoms with Crippen LogP contribution in [0.15, 0.2) is 17.5 Å². The molecule has 0 saturated carbocycles. The fraction of sp³-hybridized carbons (Fsp3) is 0.579. The van der Waals surface area contributed by atoms with Crippen LogP contribution in [0.5, 0.6) is 0 Å². The molecule has 196 valence electrons. The van der Waals surface area contributed by atoms with Gasteiger partial charge in [0, 0.05) is 30.6 Å². The van der Waals surface area contributed by atoms with Crippen molar-refractivity contribution in [1.29, 1.82) is 0 Å². The number of aliphatic hydroxyl groups excluding tert-OH is 1. The number of imidazole rings is 1. The van der Waals surface area contributed by atoms with Crippen LogP contribution in [-0.2, 0) is 25.6 Å². The number of hydrogen-bond acceptors (Lipinski definition) is 9. The molecule has 0 fully saturated rings. The first-order chi connectivity index (χ1) is 16.5. The van der Waals surface area contributed by atoms with E-state index in [1.807, 2.05) is 0 Å². The minimum Gasteiger partial charge on any atom is -0.480 e. The smallest absolute Gasteiger partial charge is 0.326 e. The second-order valence-electron chi connectivity index (χ2n) is 7.70. The number of aromatic nitrogens is 2. The predicted octanol–water partition coefficient (Wildman–Crippen LogP) is -3.82. The van der Waals surface area contributed by atoms with Crippen LogP contribution in [-0.4, -0.2) is 92.4 Å². The van der Waals surface area contributed by atoms with Gasteiger partial charge in [0.05, 0.1) is 12.4 Å². The van der Waals surface area contributed by atoms with Gasteiger partial charge in [-0.05, 0) is 19.8 Å². The molecule has 0 aliphatic heterocycles. The van der Waals surface area contributed by atoms with Gasteiger partial charge in [0.15, 0.2) is 5.96 Å². The van der Waals surface area contributed by atoms with Crippen molar-refractivity contribution < 1.29 is 29.4 Å².